The summed E-state index contributed by atoms with van der Waals surface area (Å²) >= 11 is 6.21. The zero-order valence-electron chi connectivity index (χ0n) is 13.5. The Hall–Kier alpha value is -0.770. The zero-order chi connectivity index (χ0) is 15.6. The minimum absolute atomic E-state index is 0.179. The van der Waals surface area contributed by atoms with Gasteiger partial charge in [-0.05, 0) is 44.5 Å². The summed E-state index contributed by atoms with van der Waals surface area (Å²) < 4.78 is 11.6. The van der Waals surface area contributed by atoms with E-state index in [1.54, 1.807) is 7.11 Å². The van der Waals surface area contributed by atoms with Crippen LogP contribution in [0.4, 0.5) is 0 Å². The van der Waals surface area contributed by atoms with Crippen molar-refractivity contribution in [3.05, 3.63) is 28.8 Å². The quantitative estimate of drug-likeness (QED) is 0.889. The van der Waals surface area contributed by atoms with E-state index in [4.69, 9.17) is 21.1 Å². The average molecular weight is 312 g/mol. The van der Waals surface area contributed by atoms with Gasteiger partial charge in [0, 0.05) is 22.5 Å². The molecule has 0 bridgehead atoms. The van der Waals surface area contributed by atoms with Gasteiger partial charge >= 0.3 is 0 Å². The third kappa shape index (κ3) is 3.36. The number of benzene rings is 1. The maximum Gasteiger partial charge on any atom is 0.123 e. The first kappa shape index (κ1) is 16.6. The van der Waals surface area contributed by atoms with Crippen LogP contribution < -0.4 is 10.1 Å². The fraction of sp³-hybridized carbons (Fsp3) is 0.647. The molecule has 1 heterocycles. The van der Waals surface area contributed by atoms with E-state index < -0.39 is 0 Å². The fourth-order valence-electron chi connectivity index (χ4n) is 3.49. The molecule has 0 aromatic heterocycles. The second-order valence-electron chi connectivity index (χ2n) is 5.90. The molecule has 1 saturated heterocycles. The number of rotatable bonds is 5. The fourth-order valence-corrected chi connectivity index (χ4v) is 3.67. The van der Waals surface area contributed by atoms with Crippen molar-refractivity contribution < 1.29 is 9.47 Å². The molecule has 2 rings (SSSR count). The highest BCUT2D eigenvalue weighted by molar-refractivity contribution is 6.30. The summed E-state index contributed by atoms with van der Waals surface area (Å²) in [6, 6.07) is 6.00. The van der Waals surface area contributed by atoms with E-state index in [-0.39, 0.29) is 18.2 Å². The molecular weight excluding hydrogens is 286 g/mol. The number of methoxy groups -OCH3 is 1. The molecule has 1 aliphatic rings. The topological polar surface area (TPSA) is 30.5 Å². The molecule has 0 amide bonds. The molecule has 5 atom stereocenters. The molecule has 1 aliphatic heterocycles. The van der Waals surface area contributed by atoms with Crippen molar-refractivity contribution in [2.24, 2.45) is 11.8 Å². The predicted molar refractivity (Wildman–Crippen MR) is 87.1 cm³/mol. The summed E-state index contributed by atoms with van der Waals surface area (Å²) in [5, 5.41) is 4.34. The molecule has 0 saturated carbocycles. The molecule has 0 spiro atoms. The van der Waals surface area contributed by atoms with Gasteiger partial charge in [-0.25, -0.2) is 0 Å². The minimum atomic E-state index is 0.179. The van der Waals surface area contributed by atoms with E-state index >= 15 is 0 Å². The Kier molecular flexibility index (Phi) is 5.53. The first-order chi connectivity index (χ1) is 9.99. The summed E-state index contributed by atoms with van der Waals surface area (Å²) in [4.78, 5) is 0. The summed E-state index contributed by atoms with van der Waals surface area (Å²) in [7, 11) is 1.70. The standard InChI is InChI=1S/C17H26ClNO2/c1-6-19-17(16-10(2)11(3)21-12(16)4)14-9-13(18)7-8-15(14)20-5/h7-12,16-17,19H,6H2,1-5H3. The Morgan fingerprint density at radius 1 is 1.29 bits per heavy atom. The smallest absolute Gasteiger partial charge is 0.123 e. The van der Waals surface area contributed by atoms with Crippen LogP contribution >= 0.6 is 11.6 Å². The molecule has 1 N–H and O–H groups in total. The number of ether oxygens (including phenoxy) is 2. The monoisotopic (exact) mass is 311 g/mol. The second kappa shape index (κ2) is 6.99. The van der Waals surface area contributed by atoms with Gasteiger partial charge in [-0.1, -0.05) is 25.4 Å². The second-order valence-corrected chi connectivity index (χ2v) is 6.34. The highest BCUT2D eigenvalue weighted by Gasteiger charge is 2.42. The molecule has 0 aliphatic carbocycles. The first-order valence-corrected chi connectivity index (χ1v) is 8.09. The van der Waals surface area contributed by atoms with Crippen LogP contribution in [0.25, 0.3) is 0 Å². The van der Waals surface area contributed by atoms with E-state index in [9.17, 15) is 0 Å². The van der Waals surface area contributed by atoms with E-state index in [1.807, 2.05) is 18.2 Å². The van der Waals surface area contributed by atoms with Crippen molar-refractivity contribution in [1.82, 2.24) is 5.32 Å². The molecule has 1 aromatic rings. The average Bonchev–Trinajstić information content (AvgIpc) is 2.70. The molecule has 21 heavy (non-hydrogen) atoms. The molecule has 1 aromatic carbocycles. The van der Waals surface area contributed by atoms with E-state index in [0.29, 0.717) is 11.8 Å². The van der Waals surface area contributed by atoms with Gasteiger partial charge in [0.15, 0.2) is 0 Å². The maximum atomic E-state index is 6.21. The van der Waals surface area contributed by atoms with Gasteiger partial charge in [0.1, 0.15) is 5.75 Å². The minimum Gasteiger partial charge on any atom is -0.496 e. The molecule has 0 radical (unpaired) electrons. The zero-order valence-corrected chi connectivity index (χ0v) is 14.3. The van der Waals surface area contributed by atoms with Crippen LogP contribution in [0.2, 0.25) is 5.02 Å². The van der Waals surface area contributed by atoms with Gasteiger partial charge in [-0.3, -0.25) is 0 Å². The van der Waals surface area contributed by atoms with Gasteiger partial charge < -0.3 is 14.8 Å². The normalized spacial score (nSPS) is 30.4. The molecular formula is C17H26ClNO2. The molecule has 1 fully saturated rings. The lowest BCUT2D eigenvalue weighted by Crippen LogP contribution is -2.35. The van der Waals surface area contributed by atoms with Gasteiger partial charge in [0.2, 0.25) is 0 Å². The SMILES string of the molecule is CCNC(c1cc(Cl)ccc1OC)C1C(C)OC(C)C1C. The van der Waals surface area contributed by atoms with Crippen molar-refractivity contribution in [3.8, 4) is 5.75 Å². The number of hydrogen-bond acceptors (Lipinski definition) is 3. The Labute approximate surface area is 133 Å². The van der Waals surface area contributed by atoms with E-state index in [1.165, 1.54) is 0 Å². The van der Waals surface area contributed by atoms with E-state index in [0.717, 1.165) is 22.9 Å². The highest BCUT2D eigenvalue weighted by atomic mass is 35.5. The number of halogens is 1. The van der Waals surface area contributed by atoms with Crippen LogP contribution in [0.5, 0.6) is 5.75 Å². The van der Waals surface area contributed by atoms with Gasteiger partial charge in [-0.15, -0.1) is 0 Å². The lowest BCUT2D eigenvalue weighted by molar-refractivity contribution is 0.0475. The summed E-state index contributed by atoms with van der Waals surface area (Å²) in [6.07, 6.45) is 0.485. The first-order valence-electron chi connectivity index (χ1n) is 7.71. The number of hydrogen-bond donors (Lipinski definition) is 1. The van der Waals surface area contributed by atoms with Gasteiger partial charge in [0.05, 0.1) is 19.3 Å². The molecule has 3 nitrogen and oxygen atoms in total. The third-order valence-corrected chi connectivity index (χ3v) is 4.89. The predicted octanol–water partition coefficient (Wildman–Crippen LogP) is 4.06. The third-order valence-electron chi connectivity index (χ3n) is 4.65. The van der Waals surface area contributed by atoms with Crippen molar-refractivity contribution in [3.63, 3.8) is 0 Å². The highest BCUT2D eigenvalue weighted by Crippen LogP contribution is 2.43. The Morgan fingerprint density at radius 2 is 2.00 bits per heavy atom. The van der Waals surface area contributed by atoms with Crippen molar-refractivity contribution in [2.75, 3.05) is 13.7 Å². The Morgan fingerprint density at radius 3 is 2.52 bits per heavy atom. The van der Waals surface area contributed by atoms with Crippen LogP contribution in [0.1, 0.15) is 39.3 Å². The van der Waals surface area contributed by atoms with Crippen LogP contribution in [0, 0.1) is 11.8 Å². The summed E-state index contributed by atoms with van der Waals surface area (Å²) in [6.45, 7) is 9.59. The van der Waals surface area contributed by atoms with Crippen molar-refractivity contribution in [1.29, 1.82) is 0 Å². The van der Waals surface area contributed by atoms with Gasteiger partial charge in [0.25, 0.3) is 0 Å². The van der Waals surface area contributed by atoms with Crippen LogP contribution in [-0.2, 0) is 4.74 Å². The molecule has 5 unspecified atom stereocenters. The lowest BCUT2D eigenvalue weighted by Gasteiger charge is -2.31. The number of nitrogens with one attached hydrogen (secondary N) is 1. The molecule has 4 heteroatoms. The Bertz CT molecular complexity index is 480. The maximum absolute atomic E-state index is 6.21. The largest absolute Gasteiger partial charge is 0.496 e. The van der Waals surface area contributed by atoms with Crippen molar-refractivity contribution in [2.45, 2.75) is 45.9 Å². The van der Waals surface area contributed by atoms with Crippen LogP contribution in [0.15, 0.2) is 18.2 Å². The Balaban J connectivity index is 2.41. The van der Waals surface area contributed by atoms with Gasteiger partial charge in [-0.2, -0.15) is 0 Å². The summed E-state index contributed by atoms with van der Waals surface area (Å²) in [5.74, 6) is 1.75. The molecule has 118 valence electrons. The van der Waals surface area contributed by atoms with E-state index in [2.05, 4.69) is 33.0 Å². The lowest BCUT2D eigenvalue weighted by atomic mass is 9.80. The summed E-state index contributed by atoms with van der Waals surface area (Å²) in [5.41, 5.74) is 1.12. The van der Waals surface area contributed by atoms with Crippen molar-refractivity contribution >= 4 is 11.6 Å². The van der Waals surface area contributed by atoms with Crippen LogP contribution in [0.3, 0.4) is 0 Å². The van der Waals surface area contributed by atoms with Crippen LogP contribution in [-0.4, -0.2) is 25.9 Å².